The molecule has 36 heavy (non-hydrogen) atoms. The van der Waals surface area contributed by atoms with E-state index in [2.05, 4.69) is 0 Å². The summed E-state index contributed by atoms with van der Waals surface area (Å²) in [5, 5.41) is 44.1. The number of hydrogen-bond donors (Lipinski definition) is 4. The number of aromatic hydroxyl groups is 1. The maximum atomic E-state index is 13.2. The molecular weight excluding hydrogens is 468 g/mol. The van der Waals surface area contributed by atoms with Gasteiger partial charge < -0.3 is 39.1 Å². The number of aliphatic hydroxyl groups excluding tert-OH is 3. The summed E-state index contributed by atoms with van der Waals surface area (Å²) in [6, 6.07) is 8.23. The first-order valence-corrected chi connectivity index (χ1v) is 11.7. The molecule has 0 aliphatic carbocycles. The van der Waals surface area contributed by atoms with Gasteiger partial charge in [0, 0.05) is 16.2 Å². The molecule has 9 heteroatoms. The lowest BCUT2D eigenvalue weighted by molar-refractivity contribution is -0.0586. The molecule has 1 aliphatic rings. The van der Waals surface area contributed by atoms with Crippen molar-refractivity contribution in [3.05, 3.63) is 51.9 Å². The van der Waals surface area contributed by atoms with Crippen molar-refractivity contribution in [2.24, 2.45) is 0 Å². The quantitative estimate of drug-likeness (QED) is 0.243. The number of ether oxygens (including phenoxy) is 3. The second kappa shape index (κ2) is 8.94. The fourth-order valence-electron chi connectivity index (χ4n) is 5.18. The Bertz CT molecular complexity index is 1540. The summed E-state index contributed by atoms with van der Waals surface area (Å²) in [6.07, 6.45) is -5.21. The number of aryl methyl sites for hydroxylation is 1. The van der Waals surface area contributed by atoms with Crippen molar-refractivity contribution in [2.75, 3.05) is 14.2 Å². The van der Waals surface area contributed by atoms with E-state index in [4.69, 9.17) is 18.6 Å². The molecule has 0 spiro atoms. The molecule has 1 saturated heterocycles. The summed E-state index contributed by atoms with van der Waals surface area (Å²) in [5.74, 6) is 0.643. The third-order valence-corrected chi connectivity index (χ3v) is 6.99. The van der Waals surface area contributed by atoms with Gasteiger partial charge in [-0.25, -0.2) is 4.79 Å². The number of methoxy groups -OCH3 is 2. The Balaban J connectivity index is 1.95. The van der Waals surface area contributed by atoms with Gasteiger partial charge in [0.2, 0.25) is 0 Å². The molecule has 190 valence electrons. The Labute approximate surface area is 206 Å². The summed E-state index contributed by atoms with van der Waals surface area (Å²) in [5.41, 5.74) is 0.801. The molecule has 1 aliphatic heterocycles. The average Bonchev–Trinajstić information content (AvgIpc) is 3.17. The minimum absolute atomic E-state index is 0.136. The zero-order valence-electron chi connectivity index (χ0n) is 20.3. The van der Waals surface area contributed by atoms with E-state index in [1.807, 2.05) is 13.0 Å². The highest BCUT2D eigenvalue weighted by Gasteiger charge is 2.46. The maximum Gasteiger partial charge on any atom is 0.344 e. The van der Waals surface area contributed by atoms with E-state index >= 15 is 0 Å². The van der Waals surface area contributed by atoms with Crippen LogP contribution in [0.5, 0.6) is 17.2 Å². The van der Waals surface area contributed by atoms with Crippen LogP contribution in [0.25, 0.3) is 32.5 Å². The van der Waals surface area contributed by atoms with E-state index in [1.165, 1.54) is 33.3 Å². The Morgan fingerprint density at radius 1 is 0.972 bits per heavy atom. The van der Waals surface area contributed by atoms with Crippen molar-refractivity contribution in [1.82, 2.24) is 0 Å². The smallest absolute Gasteiger partial charge is 0.344 e. The zero-order chi connectivity index (χ0) is 25.9. The molecule has 1 fully saturated rings. The van der Waals surface area contributed by atoms with Crippen LogP contribution < -0.4 is 15.1 Å². The monoisotopic (exact) mass is 496 g/mol. The number of phenols is 1. The number of rotatable bonds is 5. The Morgan fingerprint density at radius 2 is 1.67 bits per heavy atom. The minimum atomic E-state index is -1.38. The lowest BCUT2D eigenvalue weighted by Crippen LogP contribution is -2.36. The van der Waals surface area contributed by atoms with Crippen molar-refractivity contribution in [2.45, 2.75) is 50.8 Å². The van der Waals surface area contributed by atoms with E-state index in [-0.39, 0.29) is 22.1 Å². The third kappa shape index (κ3) is 3.50. The topological polar surface area (TPSA) is 139 Å². The van der Waals surface area contributed by atoms with Crippen LogP contribution in [-0.2, 0) is 11.2 Å². The second-order valence-corrected chi connectivity index (χ2v) is 9.09. The molecule has 4 aromatic rings. The lowest BCUT2D eigenvalue weighted by atomic mass is 9.92. The summed E-state index contributed by atoms with van der Waals surface area (Å²) in [4.78, 5) is 13.2. The van der Waals surface area contributed by atoms with Crippen LogP contribution in [0.4, 0.5) is 0 Å². The van der Waals surface area contributed by atoms with Gasteiger partial charge in [-0.1, -0.05) is 13.0 Å². The van der Waals surface area contributed by atoms with Crippen molar-refractivity contribution in [3.63, 3.8) is 0 Å². The molecule has 5 unspecified atom stereocenters. The molecule has 9 nitrogen and oxygen atoms in total. The largest absolute Gasteiger partial charge is 0.507 e. The third-order valence-electron chi connectivity index (χ3n) is 6.99. The molecule has 0 amide bonds. The van der Waals surface area contributed by atoms with Gasteiger partial charge >= 0.3 is 5.63 Å². The molecule has 2 heterocycles. The van der Waals surface area contributed by atoms with Gasteiger partial charge in [-0.05, 0) is 48.7 Å². The Kier molecular flexibility index (Phi) is 6.04. The van der Waals surface area contributed by atoms with E-state index < -0.39 is 36.1 Å². The van der Waals surface area contributed by atoms with E-state index in [0.717, 1.165) is 5.56 Å². The van der Waals surface area contributed by atoms with Crippen molar-refractivity contribution >= 4 is 32.5 Å². The lowest BCUT2D eigenvalue weighted by Gasteiger charge is -2.20. The summed E-state index contributed by atoms with van der Waals surface area (Å²) in [6.45, 7) is 3.43. The van der Waals surface area contributed by atoms with Crippen LogP contribution >= 0.6 is 0 Å². The summed E-state index contributed by atoms with van der Waals surface area (Å²) in [7, 11) is 2.97. The Hall–Kier alpha value is -3.37. The van der Waals surface area contributed by atoms with Crippen LogP contribution in [0.1, 0.15) is 31.1 Å². The highest BCUT2D eigenvalue weighted by atomic mass is 16.6. The van der Waals surface area contributed by atoms with Gasteiger partial charge in [-0.15, -0.1) is 0 Å². The number of aliphatic hydroxyl groups is 3. The van der Waals surface area contributed by atoms with Gasteiger partial charge in [0.15, 0.2) is 0 Å². The van der Waals surface area contributed by atoms with Crippen LogP contribution in [0, 0.1) is 0 Å². The number of hydrogen-bond acceptors (Lipinski definition) is 9. The average molecular weight is 497 g/mol. The Morgan fingerprint density at radius 3 is 2.28 bits per heavy atom. The standard InChI is InChI=1S/C27H28O9/c1-5-12-8-15-19(17(9-12)33-3)14-10-18(34-4)21-16(29)7-6-13(20(21)25(14)36-27(15)32)26-23(31)22(30)24(35-26)11(2)28/h6-11,22-24,26,28-31H,5H2,1-4H3. The van der Waals surface area contributed by atoms with Gasteiger partial charge in [0.25, 0.3) is 0 Å². The van der Waals surface area contributed by atoms with Crippen LogP contribution in [-0.4, -0.2) is 59.1 Å². The van der Waals surface area contributed by atoms with E-state index in [9.17, 15) is 25.2 Å². The molecule has 5 atom stereocenters. The second-order valence-electron chi connectivity index (χ2n) is 9.09. The first-order chi connectivity index (χ1) is 17.2. The molecule has 0 saturated carbocycles. The molecule has 4 N–H and O–H groups in total. The molecule has 0 bridgehead atoms. The highest BCUT2D eigenvalue weighted by molar-refractivity contribution is 6.19. The molecule has 0 radical (unpaired) electrons. The predicted octanol–water partition coefficient (Wildman–Crippen LogP) is 2.93. The summed E-state index contributed by atoms with van der Waals surface area (Å²) >= 11 is 0. The van der Waals surface area contributed by atoms with Crippen molar-refractivity contribution in [3.8, 4) is 17.2 Å². The highest BCUT2D eigenvalue weighted by Crippen LogP contribution is 2.47. The molecule has 1 aromatic heterocycles. The fourth-order valence-corrected chi connectivity index (χ4v) is 5.18. The number of benzene rings is 3. The van der Waals surface area contributed by atoms with Gasteiger partial charge in [-0.3, -0.25) is 0 Å². The van der Waals surface area contributed by atoms with Crippen LogP contribution in [0.3, 0.4) is 0 Å². The first-order valence-electron chi connectivity index (χ1n) is 11.7. The van der Waals surface area contributed by atoms with Gasteiger partial charge in [0.1, 0.15) is 47.2 Å². The summed E-state index contributed by atoms with van der Waals surface area (Å²) < 4.78 is 23.0. The SMILES string of the molecule is CCc1cc(OC)c2c(c1)c(=O)oc1c2cc(OC)c2c(O)ccc(C3OC(C(C)O)C(O)C3O)c21. The van der Waals surface area contributed by atoms with Crippen molar-refractivity contribution in [1.29, 1.82) is 0 Å². The zero-order valence-corrected chi connectivity index (χ0v) is 20.3. The normalized spacial score (nSPS) is 23.0. The number of phenolic OH excluding ortho intramolecular Hbond substituents is 1. The predicted molar refractivity (Wildman–Crippen MR) is 133 cm³/mol. The minimum Gasteiger partial charge on any atom is -0.507 e. The fraction of sp³-hybridized carbons (Fsp3) is 0.370. The molecule has 3 aromatic carbocycles. The molecule has 5 rings (SSSR count). The first kappa shape index (κ1) is 24.3. The van der Waals surface area contributed by atoms with Crippen molar-refractivity contribution < 1.29 is 39.1 Å². The molecular formula is C27H28O9. The maximum absolute atomic E-state index is 13.2. The van der Waals surface area contributed by atoms with Gasteiger partial charge in [-0.2, -0.15) is 0 Å². The van der Waals surface area contributed by atoms with Gasteiger partial charge in [0.05, 0.1) is 31.1 Å². The number of fused-ring (bicyclic) bond motifs is 5. The van der Waals surface area contributed by atoms with E-state index in [1.54, 1.807) is 12.1 Å². The van der Waals surface area contributed by atoms with E-state index in [0.29, 0.717) is 39.6 Å². The van der Waals surface area contributed by atoms with Crippen LogP contribution in [0.15, 0.2) is 39.5 Å². The van der Waals surface area contributed by atoms with Crippen LogP contribution in [0.2, 0.25) is 0 Å².